The second-order valence-corrected chi connectivity index (χ2v) is 4.04. The molecule has 0 aliphatic carbocycles. The van der Waals surface area contributed by atoms with Gasteiger partial charge in [-0.3, -0.25) is 0 Å². The summed E-state index contributed by atoms with van der Waals surface area (Å²) in [6.07, 6.45) is 0. The second-order valence-electron chi connectivity index (χ2n) is 4.04. The van der Waals surface area contributed by atoms with Gasteiger partial charge in [0.1, 0.15) is 11.5 Å². The van der Waals surface area contributed by atoms with E-state index < -0.39 is 0 Å². The highest BCUT2D eigenvalue weighted by Crippen LogP contribution is 2.29. The lowest BCUT2D eigenvalue weighted by Gasteiger charge is -2.20. The first-order valence-corrected chi connectivity index (χ1v) is 5.67. The predicted molar refractivity (Wildman–Crippen MR) is 70.2 cm³/mol. The summed E-state index contributed by atoms with van der Waals surface area (Å²) in [7, 11) is 6.57. The smallest absolute Gasteiger partial charge is 0.317 e. The molecule has 1 N–H and O–H groups in total. The maximum Gasteiger partial charge on any atom is 0.317 e. The Morgan fingerprint density at radius 3 is 2.50 bits per heavy atom. The Morgan fingerprint density at radius 1 is 1.33 bits per heavy atom. The van der Waals surface area contributed by atoms with Crippen LogP contribution in [0.15, 0.2) is 12.1 Å². The predicted octanol–water partition coefficient (Wildman–Crippen LogP) is 1.78. The largest absolute Gasteiger partial charge is 0.497 e. The number of nitrogens with one attached hydrogen (secondary N) is 1. The summed E-state index contributed by atoms with van der Waals surface area (Å²) >= 11 is 0. The average molecular weight is 252 g/mol. The Hall–Kier alpha value is -1.91. The zero-order valence-corrected chi connectivity index (χ0v) is 11.5. The highest BCUT2D eigenvalue weighted by Gasteiger charge is 2.14. The number of carbonyl (C=O) groups excluding carboxylic acids is 1. The zero-order valence-electron chi connectivity index (χ0n) is 11.5. The molecule has 0 aromatic heterocycles. The number of ether oxygens (including phenoxy) is 2. The van der Waals surface area contributed by atoms with Crippen LogP contribution in [0.5, 0.6) is 11.5 Å². The van der Waals surface area contributed by atoms with Crippen molar-refractivity contribution in [2.24, 2.45) is 0 Å². The Morgan fingerprint density at radius 2 is 2.00 bits per heavy atom. The molecule has 0 aliphatic rings. The van der Waals surface area contributed by atoms with Gasteiger partial charge in [-0.2, -0.15) is 0 Å². The van der Waals surface area contributed by atoms with E-state index in [0.717, 1.165) is 22.6 Å². The lowest BCUT2D eigenvalue weighted by atomic mass is 10.1. The second kappa shape index (κ2) is 6.14. The summed E-state index contributed by atoms with van der Waals surface area (Å²) in [5.41, 5.74) is 2.01. The van der Waals surface area contributed by atoms with Gasteiger partial charge in [-0.25, -0.2) is 4.79 Å². The molecule has 5 heteroatoms. The zero-order chi connectivity index (χ0) is 13.7. The fourth-order valence-corrected chi connectivity index (χ4v) is 1.76. The van der Waals surface area contributed by atoms with Gasteiger partial charge in [0, 0.05) is 25.7 Å². The molecule has 5 nitrogen and oxygen atoms in total. The lowest BCUT2D eigenvalue weighted by molar-refractivity contribution is 0.208. The van der Waals surface area contributed by atoms with E-state index in [1.165, 1.54) is 0 Å². The van der Waals surface area contributed by atoms with Crippen LogP contribution >= 0.6 is 0 Å². The molecular weight excluding hydrogens is 232 g/mol. The Kier molecular flexibility index (Phi) is 4.83. The minimum atomic E-state index is -0.132. The van der Waals surface area contributed by atoms with Gasteiger partial charge in [-0.1, -0.05) is 0 Å². The van der Waals surface area contributed by atoms with Crippen LogP contribution in [-0.2, 0) is 6.54 Å². The highest BCUT2D eigenvalue weighted by atomic mass is 16.5. The van der Waals surface area contributed by atoms with Gasteiger partial charge in [0.25, 0.3) is 0 Å². The van der Waals surface area contributed by atoms with Crippen molar-refractivity contribution < 1.29 is 14.3 Å². The molecule has 0 saturated heterocycles. The number of hydrogen-bond acceptors (Lipinski definition) is 3. The van der Waals surface area contributed by atoms with E-state index in [-0.39, 0.29) is 6.03 Å². The van der Waals surface area contributed by atoms with Crippen molar-refractivity contribution in [2.45, 2.75) is 13.5 Å². The number of hydrogen-bond donors (Lipinski definition) is 1. The van der Waals surface area contributed by atoms with Crippen LogP contribution in [0, 0.1) is 6.92 Å². The van der Waals surface area contributed by atoms with Gasteiger partial charge in [0.2, 0.25) is 0 Å². The first kappa shape index (κ1) is 14.2. The summed E-state index contributed by atoms with van der Waals surface area (Å²) in [6.45, 7) is 2.46. The van der Waals surface area contributed by atoms with Crippen molar-refractivity contribution in [3.05, 3.63) is 23.3 Å². The van der Waals surface area contributed by atoms with Gasteiger partial charge >= 0.3 is 6.03 Å². The molecule has 0 fully saturated rings. The highest BCUT2D eigenvalue weighted by molar-refractivity contribution is 5.73. The minimum absolute atomic E-state index is 0.132. The fraction of sp³-hybridized carbons (Fsp3) is 0.462. The molecule has 2 amide bonds. The monoisotopic (exact) mass is 252 g/mol. The third-order valence-corrected chi connectivity index (χ3v) is 2.82. The van der Waals surface area contributed by atoms with E-state index in [2.05, 4.69) is 5.32 Å². The molecule has 0 bridgehead atoms. The van der Waals surface area contributed by atoms with E-state index in [4.69, 9.17) is 9.47 Å². The number of aryl methyl sites for hydroxylation is 1. The van der Waals surface area contributed by atoms with Crippen LogP contribution in [-0.4, -0.2) is 39.2 Å². The van der Waals surface area contributed by atoms with Crippen molar-refractivity contribution in [3.8, 4) is 11.5 Å². The summed E-state index contributed by atoms with van der Waals surface area (Å²) in [4.78, 5) is 13.1. The normalized spacial score (nSPS) is 9.83. The molecule has 0 atom stereocenters. The van der Waals surface area contributed by atoms with Crippen molar-refractivity contribution in [2.75, 3.05) is 28.3 Å². The van der Waals surface area contributed by atoms with E-state index in [1.807, 2.05) is 19.1 Å². The molecule has 1 aromatic carbocycles. The van der Waals surface area contributed by atoms with E-state index in [9.17, 15) is 4.79 Å². The molecule has 0 spiro atoms. The van der Waals surface area contributed by atoms with Gasteiger partial charge in [-0.05, 0) is 18.6 Å². The maximum atomic E-state index is 11.5. The maximum absolute atomic E-state index is 11.5. The van der Waals surface area contributed by atoms with Gasteiger partial charge in [0.05, 0.1) is 20.8 Å². The first-order chi connectivity index (χ1) is 8.53. The minimum Gasteiger partial charge on any atom is -0.497 e. The van der Waals surface area contributed by atoms with Gasteiger partial charge in [0.15, 0.2) is 0 Å². The molecule has 1 aromatic rings. The SMILES string of the molecule is CNC(=O)N(C)Cc1c(C)cc(OC)cc1OC. The van der Waals surface area contributed by atoms with Crippen LogP contribution in [0.1, 0.15) is 11.1 Å². The van der Waals surface area contributed by atoms with Crippen molar-refractivity contribution in [3.63, 3.8) is 0 Å². The summed E-state index contributed by atoms with van der Waals surface area (Å²) in [6, 6.07) is 3.61. The Bertz CT molecular complexity index is 432. The van der Waals surface area contributed by atoms with E-state index in [1.54, 1.807) is 33.2 Å². The molecule has 100 valence electrons. The fourth-order valence-electron chi connectivity index (χ4n) is 1.76. The summed E-state index contributed by atoms with van der Waals surface area (Å²) in [5.74, 6) is 1.47. The standard InChI is InChI=1S/C13H20N2O3/c1-9-6-10(17-4)7-12(18-5)11(9)8-15(3)13(16)14-2/h6-7H,8H2,1-5H3,(H,14,16). The number of amides is 2. The number of carbonyl (C=O) groups is 1. The van der Waals surface area contributed by atoms with Crippen LogP contribution in [0.25, 0.3) is 0 Å². The number of benzene rings is 1. The molecule has 0 aliphatic heterocycles. The van der Waals surface area contributed by atoms with E-state index in [0.29, 0.717) is 6.54 Å². The van der Waals surface area contributed by atoms with Crippen LogP contribution in [0.3, 0.4) is 0 Å². The molecule has 0 radical (unpaired) electrons. The van der Waals surface area contributed by atoms with Crippen LogP contribution in [0.2, 0.25) is 0 Å². The Balaban J connectivity index is 3.04. The van der Waals surface area contributed by atoms with E-state index >= 15 is 0 Å². The molecule has 0 saturated carbocycles. The molecule has 0 heterocycles. The summed E-state index contributed by atoms with van der Waals surface area (Å²) < 4.78 is 10.5. The van der Waals surface area contributed by atoms with Gasteiger partial charge in [-0.15, -0.1) is 0 Å². The van der Waals surface area contributed by atoms with Crippen LogP contribution < -0.4 is 14.8 Å². The van der Waals surface area contributed by atoms with Gasteiger partial charge < -0.3 is 19.7 Å². The molecule has 18 heavy (non-hydrogen) atoms. The lowest BCUT2D eigenvalue weighted by Crippen LogP contribution is -2.34. The summed E-state index contributed by atoms with van der Waals surface area (Å²) in [5, 5.41) is 2.59. The van der Waals surface area contributed by atoms with Crippen molar-refractivity contribution >= 4 is 6.03 Å². The Labute approximate surface area is 108 Å². The third-order valence-electron chi connectivity index (χ3n) is 2.82. The first-order valence-electron chi connectivity index (χ1n) is 5.67. The number of nitrogens with zero attached hydrogens (tertiary/aromatic N) is 1. The van der Waals surface area contributed by atoms with Crippen molar-refractivity contribution in [1.29, 1.82) is 0 Å². The van der Waals surface area contributed by atoms with Crippen LogP contribution in [0.4, 0.5) is 4.79 Å². The molecular formula is C13H20N2O3. The third kappa shape index (κ3) is 3.06. The molecule has 0 unspecified atom stereocenters. The number of rotatable bonds is 4. The number of methoxy groups -OCH3 is 2. The van der Waals surface area contributed by atoms with Crippen molar-refractivity contribution in [1.82, 2.24) is 10.2 Å². The average Bonchev–Trinajstić information content (AvgIpc) is 2.39. The topological polar surface area (TPSA) is 50.8 Å². The molecule has 1 rings (SSSR count). The quantitative estimate of drug-likeness (QED) is 0.888. The number of urea groups is 1.